The van der Waals surface area contributed by atoms with E-state index in [0.29, 0.717) is 31.1 Å². The number of carbonyl (C=O) groups is 1. The molecule has 3 heterocycles. The molecule has 166 valence electrons. The lowest BCUT2D eigenvalue weighted by atomic mass is 9.93. The number of nitrogens with zero attached hydrogens (tertiary/aromatic N) is 3. The first kappa shape index (κ1) is 21.5. The van der Waals surface area contributed by atoms with Gasteiger partial charge in [0.15, 0.2) is 0 Å². The maximum Gasteiger partial charge on any atom is 0.316 e. The largest absolute Gasteiger partial charge is 0.491 e. The second-order valence-electron chi connectivity index (χ2n) is 7.70. The molecule has 0 saturated heterocycles. The van der Waals surface area contributed by atoms with Crippen LogP contribution in [0.25, 0.3) is 11.1 Å². The van der Waals surface area contributed by atoms with Crippen molar-refractivity contribution in [3.05, 3.63) is 70.4 Å². The molecule has 2 aromatic heterocycles. The van der Waals surface area contributed by atoms with Crippen molar-refractivity contribution in [3.63, 3.8) is 0 Å². The van der Waals surface area contributed by atoms with E-state index in [2.05, 4.69) is 21.9 Å². The molecule has 1 atom stereocenters. The van der Waals surface area contributed by atoms with Crippen molar-refractivity contribution in [1.82, 2.24) is 19.9 Å². The van der Waals surface area contributed by atoms with Crippen molar-refractivity contribution < 1.29 is 14.3 Å². The van der Waals surface area contributed by atoms with Crippen LogP contribution in [0.2, 0.25) is 0 Å². The molecule has 1 aliphatic rings. The summed E-state index contributed by atoms with van der Waals surface area (Å²) in [4.78, 5) is 37.9. The summed E-state index contributed by atoms with van der Waals surface area (Å²) in [5, 5.41) is 0. The van der Waals surface area contributed by atoms with Gasteiger partial charge in [0.05, 0.1) is 13.2 Å². The van der Waals surface area contributed by atoms with Gasteiger partial charge in [-0.2, -0.15) is 0 Å². The molecule has 1 amide bonds. The molecule has 0 unspecified atom stereocenters. The Labute approximate surface area is 186 Å². The van der Waals surface area contributed by atoms with Crippen molar-refractivity contribution in [2.24, 2.45) is 0 Å². The van der Waals surface area contributed by atoms with Crippen LogP contribution in [0.4, 0.5) is 0 Å². The molecular weight excluding hydrogens is 408 g/mol. The predicted molar refractivity (Wildman–Crippen MR) is 120 cm³/mol. The van der Waals surface area contributed by atoms with Gasteiger partial charge in [-0.15, -0.1) is 0 Å². The minimum absolute atomic E-state index is 0.152. The first-order valence-electron chi connectivity index (χ1n) is 10.7. The number of fused-ring (bicyclic) bond motifs is 1. The monoisotopic (exact) mass is 434 g/mol. The fraction of sp³-hybridized carbons (Fsp3) is 0.333. The Morgan fingerprint density at radius 2 is 2.09 bits per heavy atom. The molecule has 4 rings (SSSR count). The Morgan fingerprint density at radius 3 is 2.81 bits per heavy atom. The highest BCUT2D eigenvalue weighted by Gasteiger charge is 2.31. The van der Waals surface area contributed by atoms with Crippen LogP contribution in [0.5, 0.6) is 11.8 Å². The van der Waals surface area contributed by atoms with E-state index in [1.807, 2.05) is 23.1 Å². The number of rotatable bonds is 7. The van der Waals surface area contributed by atoms with Crippen LogP contribution in [-0.4, -0.2) is 52.1 Å². The minimum Gasteiger partial charge on any atom is -0.491 e. The first-order chi connectivity index (χ1) is 15.6. The number of pyridine rings is 1. The number of carbonyl (C=O) groups excluding carboxylic acids is 1. The van der Waals surface area contributed by atoms with Gasteiger partial charge in [0.2, 0.25) is 5.56 Å². The van der Waals surface area contributed by atoms with E-state index >= 15 is 0 Å². The number of methoxy groups -OCH3 is 1. The van der Waals surface area contributed by atoms with Gasteiger partial charge in [0.25, 0.3) is 5.91 Å². The number of amides is 1. The Hall–Kier alpha value is -3.68. The third-order valence-corrected chi connectivity index (χ3v) is 5.60. The third kappa shape index (κ3) is 4.49. The zero-order valence-corrected chi connectivity index (χ0v) is 18.2. The number of hydrogen-bond acceptors (Lipinski definition) is 6. The first-order valence-corrected chi connectivity index (χ1v) is 10.7. The maximum atomic E-state index is 13.3. The SMILES string of the molecule is CCCCN(C(=O)c1cc[nH]c(=O)c1)[C@@H]1COc2cccc(-c3cnc(OC)nc3)c2C1. The van der Waals surface area contributed by atoms with E-state index < -0.39 is 0 Å². The molecule has 0 fully saturated rings. The van der Waals surface area contributed by atoms with Crippen LogP contribution in [0.15, 0.2) is 53.7 Å². The number of benzene rings is 1. The third-order valence-electron chi connectivity index (χ3n) is 5.60. The number of nitrogens with one attached hydrogen (secondary N) is 1. The fourth-order valence-electron chi connectivity index (χ4n) is 3.95. The molecule has 0 bridgehead atoms. The summed E-state index contributed by atoms with van der Waals surface area (Å²) < 4.78 is 11.2. The summed E-state index contributed by atoms with van der Waals surface area (Å²) >= 11 is 0. The molecule has 0 spiro atoms. The van der Waals surface area contributed by atoms with Crippen LogP contribution in [0.1, 0.15) is 35.7 Å². The van der Waals surface area contributed by atoms with E-state index in [1.165, 1.54) is 19.4 Å². The van der Waals surface area contributed by atoms with Crippen molar-refractivity contribution in [3.8, 4) is 22.9 Å². The normalized spacial score (nSPS) is 14.9. The number of ether oxygens (including phenoxy) is 2. The van der Waals surface area contributed by atoms with Crippen molar-refractivity contribution >= 4 is 5.91 Å². The van der Waals surface area contributed by atoms with E-state index in [1.54, 1.807) is 18.5 Å². The summed E-state index contributed by atoms with van der Waals surface area (Å²) in [5.74, 6) is 0.639. The molecule has 0 radical (unpaired) electrons. The van der Waals surface area contributed by atoms with Gasteiger partial charge in [0, 0.05) is 54.3 Å². The minimum atomic E-state index is -0.293. The maximum absolute atomic E-state index is 13.3. The van der Waals surface area contributed by atoms with Gasteiger partial charge in [-0.1, -0.05) is 25.5 Å². The Bertz CT molecular complexity index is 1140. The standard InChI is InChI=1S/C24H26N4O4/c1-3-4-10-28(23(30)16-8-9-25-22(29)11-16)18-12-20-19(6-5-7-21(20)32-15-18)17-13-26-24(31-2)27-14-17/h5-9,11,13-14,18H,3-4,10,12,15H2,1-2H3,(H,25,29)/t18-/m0/s1. The van der Waals surface area contributed by atoms with Gasteiger partial charge in [0.1, 0.15) is 12.4 Å². The number of H-pyrrole nitrogens is 1. The number of aromatic amines is 1. The summed E-state index contributed by atoms with van der Waals surface area (Å²) in [6, 6.07) is 9.02. The van der Waals surface area contributed by atoms with Gasteiger partial charge in [-0.05, 0) is 24.1 Å². The highest BCUT2D eigenvalue weighted by molar-refractivity contribution is 5.94. The van der Waals surface area contributed by atoms with Crippen LogP contribution >= 0.6 is 0 Å². The molecule has 8 nitrogen and oxygen atoms in total. The zero-order chi connectivity index (χ0) is 22.5. The number of aromatic nitrogens is 3. The van der Waals surface area contributed by atoms with Crippen molar-refractivity contribution in [2.45, 2.75) is 32.2 Å². The van der Waals surface area contributed by atoms with E-state index in [-0.39, 0.29) is 17.5 Å². The molecule has 32 heavy (non-hydrogen) atoms. The van der Waals surface area contributed by atoms with E-state index in [4.69, 9.17) is 9.47 Å². The average Bonchev–Trinajstić information content (AvgIpc) is 2.83. The number of hydrogen-bond donors (Lipinski definition) is 1. The second-order valence-corrected chi connectivity index (χ2v) is 7.70. The molecule has 8 heteroatoms. The highest BCUT2D eigenvalue weighted by Crippen LogP contribution is 2.35. The highest BCUT2D eigenvalue weighted by atomic mass is 16.5. The Balaban J connectivity index is 1.65. The smallest absolute Gasteiger partial charge is 0.316 e. The summed E-state index contributed by atoms with van der Waals surface area (Å²) in [5.41, 5.74) is 2.92. The van der Waals surface area contributed by atoms with Gasteiger partial charge >= 0.3 is 6.01 Å². The van der Waals surface area contributed by atoms with Crippen molar-refractivity contribution in [1.29, 1.82) is 0 Å². The van der Waals surface area contributed by atoms with Crippen LogP contribution < -0.4 is 15.0 Å². The van der Waals surface area contributed by atoms with Gasteiger partial charge < -0.3 is 19.4 Å². The fourth-order valence-corrected chi connectivity index (χ4v) is 3.95. The predicted octanol–water partition coefficient (Wildman–Crippen LogP) is 3.09. The van der Waals surface area contributed by atoms with E-state index in [9.17, 15) is 9.59 Å². The Morgan fingerprint density at radius 1 is 1.28 bits per heavy atom. The molecule has 1 aliphatic heterocycles. The zero-order valence-electron chi connectivity index (χ0n) is 18.2. The summed E-state index contributed by atoms with van der Waals surface area (Å²) in [7, 11) is 1.53. The van der Waals surface area contributed by atoms with Gasteiger partial charge in [-0.25, -0.2) is 9.97 Å². The molecule has 3 aromatic rings. The second kappa shape index (κ2) is 9.64. The quantitative estimate of drug-likeness (QED) is 0.614. The Kier molecular flexibility index (Phi) is 6.49. The van der Waals surface area contributed by atoms with E-state index in [0.717, 1.165) is 35.3 Å². The number of unbranched alkanes of at least 4 members (excludes halogenated alkanes) is 1. The lowest BCUT2D eigenvalue weighted by Crippen LogP contribution is -2.47. The lowest BCUT2D eigenvalue weighted by molar-refractivity contribution is 0.0583. The molecule has 0 aliphatic carbocycles. The lowest BCUT2D eigenvalue weighted by Gasteiger charge is -2.36. The molecule has 1 N–H and O–H groups in total. The topological polar surface area (TPSA) is 97.4 Å². The molecule has 1 aromatic carbocycles. The summed E-state index contributed by atoms with van der Waals surface area (Å²) in [6.45, 7) is 3.08. The van der Waals surface area contributed by atoms with Crippen molar-refractivity contribution in [2.75, 3.05) is 20.3 Å². The van der Waals surface area contributed by atoms with Crippen LogP contribution in [0.3, 0.4) is 0 Å². The van der Waals surface area contributed by atoms with Crippen LogP contribution in [-0.2, 0) is 6.42 Å². The summed E-state index contributed by atoms with van der Waals surface area (Å²) in [6.07, 6.45) is 7.41. The molecular formula is C24H26N4O4. The van der Waals surface area contributed by atoms with Crippen LogP contribution in [0, 0.1) is 0 Å². The average molecular weight is 434 g/mol. The van der Waals surface area contributed by atoms with Gasteiger partial charge in [-0.3, -0.25) is 9.59 Å². The molecule has 0 saturated carbocycles.